The van der Waals surface area contributed by atoms with Gasteiger partial charge in [-0.3, -0.25) is 9.89 Å². The van der Waals surface area contributed by atoms with Crippen molar-refractivity contribution in [3.63, 3.8) is 0 Å². The Hall–Kier alpha value is -2.48. The SMILES string of the molecule is CO[C@@H]1CCC[C@H](C(=O)N2CCC[C@H]2c2[nH]ncc2-c2ccnc(N3CCCC3)n2)C1. The van der Waals surface area contributed by atoms with E-state index < -0.39 is 0 Å². The lowest BCUT2D eigenvalue weighted by molar-refractivity contribution is -0.139. The van der Waals surface area contributed by atoms with Gasteiger partial charge in [-0.2, -0.15) is 5.10 Å². The van der Waals surface area contributed by atoms with E-state index in [0.717, 1.165) is 81.1 Å². The van der Waals surface area contributed by atoms with Crippen LogP contribution in [-0.4, -0.2) is 63.8 Å². The van der Waals surface area contributed by atoms with E-state index in [1.165, 1.54) is 12.8 Å². The number of aromatic amines is 1. The molecule has 0 unspecified atom stereocenters. The second kappa shape index (κ2) is 8.94. The standard InChI is InChI=1S/C23H32N6O2/c1-31-17-7-4-6-16(14-17)22(30)29-13-5-8-20(29)21-18(15-25-27-21)19-9-10-24-23(26-19)28-11-2-3-12-28/h9-10,15-17,20H,2-8,11-14H2,1H3,(H,25,27)/t16-,17+,20-/m0/s1. The predicted octanol–water partition coefficient (Wildman–Crippen LogP) is 3.34. The Kier molecular flexibility index (Phi) is 5.89. The third-order valence-electron chi connectivity index (χ3n) is 7.15. The van der Waals surface area contributed by atoms with Gasteiger partial charge in [0.15, 0.2) is 0 Å². The van der Waals surface area contributed by atoms with Gasteiger partial charge < -0.3 is 14.5 Å². The summed E-state index contributed by atoms with van der Waals surface area (Å²) in [7, 11) is 1.76. The molecule has 2 aliphatic heterocycles. The maximum Gasteiger partial charge on any atom is 0.226 e. The number of carbonyl (C=O) groups is 1. The largest absolute Gasteiger partial charge is 0.381 e. The first-order valence-corrected chi connectivity index (χ1v) is 11.7. The van der Waals surface area contributed by atoms with Crippen molar-refractivity contribution in [2.24, 2.45) is 5.92 Å². The smallest absolute Gasteiger partial charge is 0.226 e. The van der Waals surface area contributed by atoms with E-state index in [2.05, 4.69) is 25.0 Å². The zero-order valence-electron chi connectivity index (χ0n) is 18.3. The van der Waals surface area contributed by atoms with Crippen LogP contribution in [0.5, 0.6) is 0 Å². The number of hydrogen-bond acceptors (Lipinski definition) is 6. The fraction of sp³-hybridized carbons (Fsp3) is 0.652. The Morgan fingerprint density at radius 2 is 2.00 bits per heavy atom. The van der Waals surface area contributed by atoms with Crippen LogP contribution in [0.3, 0.4) is 0 Å². The van der Waals surface area contributed by atoms with E-state index in [1.54, 1.807) is 7.11 Å². The summed E-state index contributed by atoms with van der Waals surface area (Å²) >= 11 is 0. The van der Waals surface area contributed by atoms with E-state index in [9.17, 15) is 4.79 Å². The van der Waals surface area contributed by atoms with Crippen molar-refractivity contribution in [2.45, 2.75) is 63.5 Å². The molecule has 8 nitrogen and oxygen atoms in total. The Morgan fingerprint density at radius 1 is 1.13 bits per heavy atom. The molecule has 2 aromatic heterocycles. The number of aromatic nitrogens is 4. The number of amides is 1. The van der Waals surface area contributed by atoms with E-state index in [4.69, 9.17) is 9.72 Å². The zero-order valence-corrected chi connectivity index (χ0v) is 18.3. The topological polar surface area (TPSA) is 87.2 Å². The van der Waals surface area contributed by atoms with Crippen molar-refractivity contribution in [3.05, 3.63) is 24.2 Å². The summed E-state index contributed by atoms with van der Waals surface area (Å²) < 4.78 is 5.56. The van der Waals surface area contributed by atoms with E-state index in [0.29, 0.717) is 0 Å². The van der Waals surface area contributed by atoms with Gasteiger partial charge in [-0.25, -0.2) is 9.97 Å². The quantitative estimate of drug-likeness (QED) is 0.792. The normalized spacial score (nSPS) is 26.5. The summed E-state index contributed by atoms with van der Waals surface area (Å²) in [5, 5.41) is 7.55. The molecule has 5 rings (SSSR count). The fourth-order valence-corrected chi connectivity index (χ4v) is 5.47. The van der Waals surface area contributed by atoms with Gasteiger partial charge in [-0.1, -0.05) is 6.42 Å². The highest BCUT2D eigenvalue weighted by Crippen LogP contribution is 2.39. The molecule has 8 heteroatoms. The van der Waals surface area contributed by atoms with Gasteiger partial charge in [0.05, 0.1) is 29.7 Å². The molecule has 31 heavy (non-hydrogen) atoms. The first kappa shape index (κ1) is 20.4. The fourth-order valence-electron chi connectivity index (χ4n) is 5.47. The lowest BCUT2D eigenvalue weighted by atomic mass is 9.86. The number of hydrogen-bond donors (Lipinski definition) is 1. The number of rotatable bonds is 5. The number of anilines is 1. The number of likely N-dealkylation sites (tertiary alicyclic amines) is 1. The molecule has 1 aliphatic carbocycles. The minimum atomic E-state index is 0.0260. The summed E-state index contributed by atoms with van der Waals surface area (Å²) in [4.78, 5) is 27.1. The highest BCUT2D eigenvalue weighted by Gasteiger charge is 2.38. The second-order valence-corrected chi connectivity index (χ2v) is 9.04. The monoisotopic (exact) mass is 424 g/mol. The molecule has 0 bridgehead atoms. The third-order valence-corrected chi connectivity index (χ3v) is 7.15. The Balaban J connectivity index is 1.38. The molecule has 4 heterocycles. The van der Waals surface area contributed by atoms with Gasteiger partial charge in [0.2, 0.25) is 11.9 Å². The minimum Gasteiger partial charge on any atom is -0.381 e. The molecule has 2 saturated heterocycles. The van der Waals surface area contributed by atoms with Gasteiger partial charge in [-0.15, -0.1) is 0 Å². The maximum atomic E-state index is 13.4. The molecule has 1 N–H and O–H groups in total. The van der Waals surface area contributed by atoms with Crippen molar-refractivity contribution in [3.8, 4) is 11.3 Å². The molecule has 1 amide bonds. The average Bonchev–Trinajstić information content (AvgIpc) is 3.59. The van der Waals surface area contributed by atoms with Crippen LogP contribution in [0.25, 0.3) is 11.3 Å². The lowest BCUT2D eigenvalue weighted by Gasteiger charge is -2.33. The molecule has 3 aliphatic rings. The molecule has 0 spiro atoms. The molecular formula is C23H32N6O2. The summed E-state index contributed by atoms with van der Waals surface area (Å²) in [5.74, 6) is 1.12. The number of nitrogens with one attached hydrogen (secondary N) is 1. The van der Waals surface area contributed by atoms with Crippen LogP contribution in [-0.2, 0) is 9.53 Å². The summed E-state index contributed by atoms with van der Waals surface area (Å²) in [6.07, 6.45) is 12.1. The van der Waals surface area contributed by atoms with Gasteiger partial charge >= 0.3 is 0 Å². The van der Waals surface area contributed by atoms with Crippen molar-refractivity contribution < 1.29 is 9.53 Å². The molecular weight excluding hydrogens is 392 g/mol. The molecule has 2 aromatic rings. The van der Waals surface area contributed by atoms with Crippen LogP contribution < -0.4 is 4.90 Å². The second-order valence-electron chi connectivity index (χ2n) is 9.04. The van der Waals surface area contributed by atoms with Crippen LogP contribution in [0, 0.1) is 5.92 Å². The number of carbonyl (C=O) groups excluding carboxylic acids is 1. The first-order chi connectivity index (χ1) is 15.2. The van der Waals surface area contributed by atoms with E-state index in [1.807, 2.05) is 18.5 Å². The van der Waals surface area contributed by atoms with Crippen molar-refractivity contribution in [2.75, 3.05) is 31.6 Å². The van der Waals surface area contributed by atoms with Crippen molar-refractivity contribution >= 4 is 11.9 Å². The van der Waals surface area contributed by atoms with Gasteiger partial charge in [0.25, 0.3) is 0 Å². The van der Waals surface area contributed by atoms with E-state index in [-0.39, 0.29) is 24.0 Å². The number of nitrogens with zero attached hydrogens (tertiary/aromatic N) is 5. The first-order valence-electron chi connectivity index (χ1n) is 11.7. The molecule has 166 valence electrons. The summed E-state index contributed by atoms with van der Waals surface area (Å²) in [6, 6.07) is 1.97. The molecule has 1 saturated carbocycles. The summed E-state index contributed by atoms with van der Waals surface area (Å²) in [6.45, 7) is 2.83. The van der Waals surface area contributed by atoms with Crippen LogP contribution >= 0.6 is 0 Å². The Labute approximate surface area is 183 Å². The summed E-state index contributed by atoms with van der Waals surface area (Å²) in [5.41, 5.74) is 2.85. The molecule has 0 aromatic carbocycles. The van der Waals surface area contributed by atoms with Crippen LogP contribution in [0.2, 0.25) is 0 Å². The van der Waals surface area contributed by atoms with Crippen molar-refractivity contribution in [1.29, 1.82) is 0 Å². The zero-order chi connectivity index (χ0) is 21.2. The highest BCUT2D eigenvalue weighted by molar-refractivity contribution is 5.80. The number of H-pyrrole nitrogens is 1. The third kappa shape index (κ3) is 4.05. The van der Waals surface area contributed by atoms with Crippen molar-refractivity contribution in [1.82, 2.24) is 25.1 Å². The van der Waals surface area contributed by atoms with Crippen LogP contribution in [0.1, 0.15) is 63.1 Å². The van der Waals surface area contributed by atoms with Crippen LogP contribution in [0.4, 0.5) is 5.95 Å². The minimum absolute atomic E-state index is 0.0260. The van der Waals surface area contributed by atoms with E-state index >= 15 is 0 Å². The van der Waals surface area contributed by atoms with Gasteiger partial charge in [-0.05, 0) is 51.0 Å². The lowest BCUT2D eigenvalue weighted by Crippen LogP contribution is -2.39. The maximum absolute atomic E-state index is 13.4. The Bertz CT molecular complexity index is 909. The Morgan fingerprint density at radius 3 is 2.84 bits per heavy atom. The molecule has 3 atom stereocenters. The van der Waals surface area contributed by atoms with Gasteiger partial charge in [0, 0.05) is 44.4 Å². The molecule has 3 fully saturated rings. The molecule has 0 radical (unpaired) electrons. The number of methoxy groups -OCH3 is 1. The average molecular weight is 425 g/mol. The highest BCUT2D eigenvalue weighted by atomic mass is 16.5. The van der Waals surface area contributed by atoms with Crippen LogP contribution in [0.15, 0.2) is 18.5 Å². The number of ether oxygens (including phenoxy) is 1. The van der Waals surface area contributed by atoms with Gasteiger partial charge in [0.1, 0.15) is 0 Å². The predicted molar refractivity (Wildman–Crippen MR) is 118 cm³/mol.